The number of nitrogens with zero attached hydrogens (tertiary/aromatic N) is 1. The molecule has 1 aromatic rings. The lowest BCUT2D eigenvalue weighted by atomic mass is 10.1. The minimum atomic E-state index is 0.371. The van der Waals surface area contributed by atoms with Gasteiger partial charge in [-0.15, -0.1) is 11.3 Å². The number of nitrogens with two attached hydrogens (primary N) is 1. The molecule has 1 heterocycles. The molecule has 0 aliphatic heterocycles. The van der Waals surface area contributed by atoms with Crippen LogP contribution in [0.4, 0.5) is 0 Å². The predicted molar refractivity (Wildman–Crippen MR) is 56.6 cm³/mol. The molecular weight excluding hydrogens is 182 g/mol. The summed E-state index contributed by atoms with van der Waals surface area (Å²) in [5, 5.41) is 3.25. The summed E-state index contributed by atoms with van der Waals surface area (Å²) in [5.41, 5.74) is 3.93. The lowest BCUT2D eigenvalue weighted by Gasteiger charge is -2.12. The molecule has 0 aliphatic rings. The zero-order chi connectivity index (χ0) is 9.68. The van der Waals surface area contributed by atoms with E-state index in [1.165, 1.54) is 5.01 Å². The van der Waals surface area contributed by atoms with Crippen LogP contribution in [0.5, 0.6) is 0 Å². The average Bonchev–Trinajstić information content (AvgIpc) is 2.50. The third-order valence-electron chi connectivity index (χ3n) is 1.96. The van der Waals surface area contributed by atoms with E-state index in [9.17, 15) is 0 Å². The molecule has 4 heteroatoms. The first-order valence-corrected chi connectivity index (χ1v) is 5.51. The van der Waals surface area contributed by atoms with Crippen molar-refractivity contribution < 1.29 is 0 Å². The topological polar surface area (TPSA) is 50.9 Å². The molecular formula is C9H17N3S. The molecule has 0 radical (unpaired) electrons. The van der Waals surface area contributed by atoms with Gasteiger partial charge in [0.25, 0.3) is 0 Å². The van der Waals surface area contributed by atoms with E-state index in [1.54, 1.807) is 11.3 Å². The summed E-state index contributed by atoms with van der Waals surface area (Å²) in [6.07, 6.45) is 3.21. The standard InChI is InChI=1S/C9H17N3S/c1-3-4-8(12-10)5-9-11-7(2)6-13-9/h6,8,12H,3-5,10H2,1-2H3. The van der Waals surface area contributed by atoms with Crippen molar-refractivity contribution in [3.8, 4) is 0 Å². The number of rotatable bonds is 5. The Hall–Kier alpha value is -0.450. The third-order valence-corrected chi connectivity index (χ3v) is 2.95. The second-order valence-corrected chi connectivity index (χ2v) is 4.18. The van der Waals surface area contributed by atoms with E-state index in [4.69, 9.17) is 5.84 Å². The Bertz CT molecular complexity index is 247. The molecule has 13 heavy (non-hydrogen) atoms. The van der Waals surface area contributed by atoms with E-state index < -0.39 is 0 Å². The second-order valence-electron chi connectivity index (χ2n) is 3.24. The number of aryl methyl sites for hydroxylation is 1. The van der Waals surface area contributed by atoms with Crippen molar-refractivity contribution in [1.29, 1.82) is 0 Å². The first-order chi connectivity index (χ1) is 6.26. The van der Waals surface area contributed by atoms with Crippen molar-refractivity contribution in [2.24, 2.45) is 5.84 Å². The van der Waals surface area contributed by atoms with E-state index in [0.29, 0.717) is 6.04 Å². The highest BCUT2D eigenvalue weighted by Crippen LogP contribution is 2.12. The van der Waals surface area contributed by atoms with Gasteiger partial charge >= 0.3 is 0 Å². The van der Waals surface area contributed by atoms with E-state index >= 15 is 0 Å². The van der Waals surface area contributed by atoms with Crippen LogP contribution in [0.3, 0.4) is 0 Å². The Morgan fingerprint density at radius 2 is 2.46 bits per heavy atom. The van der Waals surface area contributed by atoms with Crippen LogP contribution in [0, 0.1) is 6.92 Å². The van der Waals surface area contributed by atoms with Crippen LogP contribution in [0.1, 0.15) is 30.5 Å². The molecule has 0 spiro atoms. The zero-order valence-corrected chi connectivity index (χ0v) is 9.03. The quantitative estimate of drug-likeness (QED) is 0.560. The number of aromatic nitrogens is 1. The summed E-state index contributed by atoms with van der Waals surface area (Å²) in [4.78, 5) is 4.40. The monoisotopic (exact) mass is 199 g/mol. The van der Waals surface area contributed by atoms with Crippen LogP contribution in [-0.2, 0) is 6.42 Å². The molecule has 1 aromatic heterocycles. The van der Waals surface area contributed by atoms with Gasteiger partial charge in [-0.1, -0.05) is 13.3 Å². The Morgan fingerprint density at radius 3 is 2.92 bits per heavy atom. The van der Waals surface area contributed by atoms with Crippen molar-refractivity contribution >= 4 is 11.3 Å². The molecule has 0 saturated carbocycles. The van der Waals surface area contributed by atoms with E-state index in [0.717, 1.165) is 25.0 Å². The normalized spacial score (nSPS) is 13.2. The molecule has 0 fully saturated rings. The second kappa shape index (κ2) is 5.32. The van der Waals surface area contributed by atoms with E-state index in [2.05, 4.69) is 22.7 Å². The molecule has 74 valence electrons. The first-order valence-electron chi connectivity index (χ1n) is 4.63. The van der Waals surface area contributed by atoms with Crippen molar-refractivity contribution in [2.75, 3.05) is 0 Å². The molecule has 1 atom stereocenters. The summed E-state index contributed by atoms with van der Waals surface area (Å²) in [6.45, 7) is 4.18. The van der Waals surface area contributed by atoms with Crippen molar-refractivity contribution in [3.63, 3.8) is 0 Å². The summed E-state index contributed by atoms with van der Waals surface area (Å²) in [7, 11) is 0. The molecule has 0 aromatic carbocycles. The Kier molecular flexibility index (Phi) is 4.35. The fraction of sp³-hybridized carbons (Fsp3) is 0.667. The van der Waals surface area contributed by atoms with Gasteiger partial charge in [0, 0.05) is 23.5 Å². The van der Waals surface area contributed by atoms with Gasteiger partial charge in [0.05, 0.1) is 5.01 Å². The molecule has 3 nitrogen and oxygen atoms in total. The molecule has 0 amide bonds. The number of hydrogen-bond donors (Lipinski definition) is 2. The van der Waals surface area contributed by atoms with Crippen molar-refractivity contribution in [2.45, 2.75) is 39.2 Å². The number of nitrogens with one attached hydrogen (secondary N) is 1. The first kappa shape index (κ1) is 10.6. The maximum atomic E-state index is 5.44. The summed E-state index contributed by atoms with van der Waals surface area (Å²) >= 11 is 1.71. The van der Waals surface area contributed by atoms with Gasteiger partial charge in [0.1, 0.15) is 0 Å². The third kappa shape index (κ3) is 3.42. The minimum absolute atomic E-state index is 0.371. The lowest BCUT2D eigenvalue weighted by molar-refractivity contribution is 0.485. The highest BCUT2D eigenvalue weighted by atomic mass is 32.1. The van der Waals surface area contributed by atoms with Gasteiger partial charge in [-0.25, -0.2) is 4.98 Å². The van der Waals surface area contributed by atoms with Crippen LogP contribution < -0.4 is 11.3 Å². The lowest BCUT2D eigenvalue weighted by Crippen LogP contribution is -2.36. The molecule has 1 rings (SSSR count). The molecule has 0 aliphatic carbocycles. The predicted octanol–water partition coefficient (Wildman–Crippen LogP) is 1.63. The molecule has 0 bridgehead atoms. The average molecular weight is 199 g/mol. The van der Waals surface area contributed by atoms with Crippen LogP contribution in [-0.4, -0.2) is 11.0 Å². The van der Waals surface area contributed by atoms with Crippen LogP contribution in [0.25, 0.3) is 0 Å². The van der Waals surface area contributed by atoms with Crippen molar-refractivity contribution in [1.82, 2.24) is 10.4 Å². The molecule has 1 unspecified atom stereocenters. The fourth-order valence-electron chi connectivity index (χ4n) is 1.30. The van der Waals surface area contributed by atoms with Gasteiger partial charge < -0.3 is 0 Å². The number of hydrazine groups is 1. The largest absolute Gasteiger partial charge is 0.271 e. The van der Waals surface area contributed by atoms with Gasteiger partial charge in [-0.05, 0) is 13.3 Å². The van der Waals surface area contributed by atoms with Gasteiger partial charge in [-0.2, -0.15) is 0 Å². The van der Waals surface area contributed by atoms with E-state index in [-0.39, 0.29) is 0 Å². The maximum absolute atomic E-state index is 5.44. The van der Waals surface area contributed by atoms with Crippen LogP contribution in [0.2, 0.25) is 0 Å². The highest BCUT2D eigenvalue weighted by molar-refractivity contribution is 7.09. The summed E-state index contributed by atoms with van der Waals surface area (Å²) < 4.78 is 0. The number of hydrogen-bond acceptors (Lipinski definition) is 4. The maximum Gasteiger partial charge on any atom is 0.0944 e. The molecule has 3 N–H and O–H groups in total. The SMILES string of the molecule is CCCC(Cc1nc(C)cs1)NN. The van der Waals surface area contributed by atoms with Crippen LogP contribution in [0.15, 0.2) is 5.38 Å². The van der Waals surface area contributed by atoms with Gasteiger partial charge in [-0.3, -0.25) is 11.3 Å². The smallest absolute Gasteiger partial charge is 0.0944 e. The molecule has 0 saturated heterocycles. The highest BCUT2D eigenvalue weighted by Gasteiger charge is 2.08. The van der Waals surface area contributed by atoms with Gasteiger partial charge in [0.2, 0.25) is 0 Å². The minimum Gasteiger partial charge on any atom is -0.271 e. The Balaban J connectivity index is 2.46. The Morgan fingerprint density at radius 1 is 1.69 bits per heavy atom. The summed E-state index contributed by atoms with van der Waals surface area (Å²) in [6, 6.07) is 0.371. The fourth-order valence-corrected chi connectivity index (χ4v) is 2.15. The van der Waals surface area contributed by atoms with Crippen molar-refractivity contribution in [3.05, 3.63) is 16.1 Å². The van der Waals surface area contributed by atoms with Gasteiger partial charge in [0.15, 0.2) is 0 Å². The summed E-state index contributed by atoms with van der Waals surface area (Å²) in [5.74, 6) is 5.44. The van der Waals surface area contributed by atoms with Crippen LogP contribution >= 0.6 is 11.3 Å². The van der Waals surface area contributed by atoms with E-state index in [1.807, 2.05) is 6.92 Å². The zero-order valence-electron chi connectivity index (χ0n) is 8.21. The number of thiazole rings is 1. The Labute approximate surface area is 83.3 Å².